The molecule has 1 N–H and O–H groups in total. The van der Waals surface area contributed by atoms with Crippen molar-refractivity contribution < 1.29 is 23.8 Å². The Kier molecular flexibility index (Phi) is 3.08. The fraction of sp³-hybridized carbons (Fsp3) is 0.250. The second-order valence-corrected chi connectivity index (χ2v) is 2.33. The van der Waals surface area contributed by atoms with Crippen LogP contribution in [0, 0.1) is 0 Å². The summed E-state index contributed by atoms with van der Waals surface area (Å²) in [5, 5.41) is 8.36. The SMILES string of the molecule is O=COc1ccc(CCC(=O)O)o1. The number of hydrogen-bond acceptors (Lipinski definition) is 4. The number of hydrogen-bond donors (Lipinski definition) is 1. The van der Waals surface area contributed by atoms with Gasteiger partial charge in [0.15, 0.2) is 0 Å². The fourth-order valence-electron chi connectivity index (χ4n) is 0.833. The Hall–Kier alpha value is -1.78. The lowest BCUT2D eigenvalue weighted by molar-refractivity contribution is -0.137. The fourth-order valence-corrected chi connectivity index (χ4v) is 0.833. The predicted molar refractivity (Wildman–Crippen MR) is 41.4 cm³/mol. The van der Waals surface area contributed by atoms with Gasteiger partial charge in [-0.15, -0.1) is 0 Å². The standard InChI is InChI=1S/C8H8O5/c9-5-12-8-4-2-6(13-8)1-3-7(10)11/h2,4-5H,1,3H2,(H,10,11). The van der Waals surface area contributed by atoms with Crippen LogP contribution < -0.4 is 4.74 Å². The van der Waals surface area contributed by atoms with Crippen molar-refractivity contribution in [1.29, 1.82) is 0 Å². The van der Waals surface area contributed by atoms with Crippen LogP contribution in [-0.4, -0.2) is 17.5 Å². The van der Waals surface area contributed by atoms with Gasteiger partial charge in [0.1, 0.15) is 5.76 Å². The number of ether oxygens (including phenoxy) is 1. The Morgan fingerprint density at radius 1 is 1.62 bits per heavy atom. The first kappa shape index (κ1) is 9.31. The largest absolute Gasteiger partial charge is 0.481 e. The second kappa shape index (κ2) is 4.30. The third-order valence-corrected chi connectivity index (χ3v) is 1.39. The lowest BCUT2D eigenvalue weighted by atomic mass is 10.2. The number of carbonyl (C=O) groups excluding carboxylic acids is 1. The van der Waals surface area contributed by atoms with E-state index in [0.717, 1.165) is 0 Å². The molecule has 1 aromatic rings. The van der Waals surface area contributed by atoms with Gasteiger partial charge in [0.25, 0.3) is 5.95 Å². The highest BCUT2D eigenvalue weighted by Crippen LogP contribution is 2.16. The number of furan rings is 1. The van der Waals surface area contributed by atoms with Crippen LogP contribution in [0.3, 0.4) is 0 Å². The number of carbonyl (C=O) groups is 2. The first-order chi connectivity index (χ1) is 6.22. The van der Waals surface area contributed by atoms with E-state index in [1.807, 2.05) is 0 Å². The van der Waals surface area contributed by atoms with Crippen LogP contribution in [-0.2, 0) is 16.0 Å². The van der Waals surface area contributed by atoms with Crippen molar-refractivity contribution in [2.24, 2.45) is 0 Å². The molecule has 1 rings (SSSR count). The Labute approximate surface area is 73.9 Å². The monoisotopic (exact) mass is 184 g/mol. The van der Waals surface area contributed by atoms with Gasteiger partial charge in [-0.25, -0.2) is 0 Å². The summed E-state index contributed by atoms with van der Waals surface area (Å²) >= 11 is 0. The molecular formula is C8H8O5. The molecule has 0 atom stereocenters. The molecule has 0 saturated heterocycles. The van der Waals surface area contributed by atoms with Gasteiger partial charge >= 0.3 is 12.4 Å². The molecule has 0 aliphatic heterocycles. The summed E-state index contributed by atoms with van der Waals surface area (Å²) in [6.45, 7) is 0.250. The van der Waals surface area contributed by atoms with Crippen LogP contribution in [0.5, 0.6) is 5.95 Å². The van der Waals surface area contributed by atoms with Crippen molar-refractivity contribution in [1.82, 2.24) is 0 Å². The molecule has 0 bridgehead atoms. The van der Waals surface area contributed by atoms with Gasteiger partial charge in [-0.3, -0.25) is 9.59 Å². The van der Waals surface area contributed by atoms with Gasteiger partial charge in [0.05, 0.1) is 6.42 Å². The van der Waals surface area contributed by atoms with Crippen molar-refractivity contribution in [2.75, 3.05) is 0 Å². The molecule has 0 unspecified atom stereocenters. The zero-order chi connectivity index (χ0) is 9.68. The lowest BCUT2D eigenvalue weighted by Gasteiger charge is -1.92. The lowest BCUT2D eigenvalue weighted by Crippen LogP contribution is -1.96. The number of carboxylic acids is 1. The Balaban J connectivity index is 2.48. The van der Waals surface area contributed by atoms with Crippen molar-refractivity contribution >= 4 is 12.4 Å². The van der Waals surface area contributed by atoms with Crippen LogP contribution in [0.4, 0.5) is 0 Å². The van der Waals surface area contributed by atoms with Gasteiger partial charge < -0.3 is 14.3 Å². The Morgan fingerprint density at radius 3 is 3.00 bits per heavy atom. The van der Waals surface area contributed by atoms with E-state index in [9.17, 15) is 9.59 Å². The van der Waals surface area contributed by atoms with Crippen molar-refractivity contribution in [3.63, 3.8) is 0 Å². The van der Waals surface area contributed by atoms with Gasteiger partial charge in [-0.05, 0) is 6.07 Å². The van der Waals surface area contributed by atoms with Gasteiger partial charge in [-0.2, -0.15) is 0 Å². The molecule has 0 saturated carbocycles. The summed E-state index contributed by atoms with van der Waals surface area (Å²) in [6.07, 6.45) is 0.283. The molecule has 0 aliphatic carbocycles. The van der Waals surface area contributed by atoms with Crippen molar-refractivity contribution in [2.45, 2.75) is 12.8 Å². The van der Waals surface area contributed by atoms with E-state index in [1.165, 1.54) is 6.07 Å². The normalized spacial score (nSPS) is 9.54. The maximum absolute atomic E-state index is 10.2. The highest BCUT2D eigenvalue weighted by molar-refractivity contribution is 5.66. The summed E-state index contributed by atoms with van der Waals surface area (Å²) in [5.74, 6) is -0.330. The van der Waals surface area contributed by atoms with Crippen LogP contribution in [0.2, 0.25) is 0 Å². The average molecular weight is 184 g/mol. The highest BCUT2D eigenvalue weighted by atomic mass is 16.6. The van der Waals surface area contributed by atoms with Crippen LogP contribution in [0.25, 0.3) is 0 Å². The summed E-state index contributed by atoms with van der Waals surface area (Å²) in [4.78, 5) is 20.0. The zero-order valence-corrected chi connectivity index (χ0v) is 6.73. The first-order valence-electron chi connectivity index (χ1n) is 3.63. The number of aliphatic carboxylic acids is 1. The van der Waals surface area contributed by atoms with Crippen LogP contribution >= 0.6 is 0 Å². The summed E-state index contributed by atoms with van der Waals surface area (Å²) in [5.41, 5.74) is 0. The summed E-state index contributed by atoms with van der Waals surface area (Å²) < 4.78 is 9.36. The molecule has 0 radical (unpaired) electrons. The molecule has 0 amide bonds. The number of carboxylic acid groups (broad SMARTS) is 1. The number of aryl methyl sites for hydroxylation is 1. The molecule has 5 heteroatoms. The zero-order valence-electron chi connectivity index (χ0n) is 6.73. The molecule has 0 aromatic carbocycles. The first-order valence-corrected chi connectivity index (χ1v) is 3.63. The van der Waals surface area contributed by atoms with Crippen molar-refractivity contribution in [3.8, 4) is 5.95 Å². The van der Waals surface area contributed by atoms with Crippen LogP contribution in [0.1, 0.15) is 12.2 Å². The number of rotatable bonds is 5. The third-order valence-electron chi connectivity index (χ3n) is 1.39. The molecule has 5 nitrogen and oxygen atoms in total. The molecule has 0 spiro atoms. The van der Waals surface area contributed by atoms with Gasteiger partial charge in [0, 0.05) is 12.5 Å². The quantitative estimate of drug-likeness (QED) is 0.686. The van der Waals surface area contributed by atoms with Crippen LogP contribution in [0.15, 0.2) is 16.5 Å². The minimum Gasteiger partial charge on any atom is -0.481 e. The predicted octanol–water partition coefficient (Wildman–Crippen LogP) is 0.832. The Bertz CT molecular complexity index is 301. The van der Waals surface area contributed by atoms with Crippen molar-refractivity contribution in [3.05, 3.63) is 17.9 Å². The molecule has 0 fully saturated rings. The average Bonchev–Trinajstić information content (AvgIpc) is 2.50. The Morgan fingerprint density at radius 2 is 2.38 bits per heavy atom. The molecule has 1 heterocycles. The van der Waals surface area contributed by atoms with E-state index < -0.39 is 5.97 Å². The molecule has 0 aliphatic rings. The molecule has 70 valence electrons. The van der Waals surface area contributed by atoms with Gasteiger partial charge in [-0.1, -0.05) is 0 Å². The van der Waals surface area contributed by atoms with E-state index in [2.05, 4.69) is 4.74 Å². The van der Waals surface area contributed by atoms with E-state index in [-0.39, 0.29) is 25.3 Å². The summed E-state index contributed by atoms with van der Waals surface area (Å²) in [6, 6.07) is 3.04. The maximum Gasteiger partial charge on any atom is 0.303 e. The highest BCUT2D eigenvalue weighted by Gasteiger charge is 2.04. The van der Waals surface area contributed by atoms with E-state index in [4.69, 9.17) is 9.52 Å². The summed E-state index contributed by atoms with van der Waals surface area (Å²) in [7, 11) is 0. The van der Waals surface area contributed by atoms with E-state index in [1.54, 1.807) is 6.07 Å². The van der Waals surface area contributed by atoms with E-state index in [0.29, 0.717) is 5.76 Å². The maximum atomic E-state index is 10.2. The third kappa shape index (κ3) is 2.98. The topological polar surface area (TPSA) is 76.7 Å². The molecule has 13 heavy (non-hydrogen) atoms. The molecular weight excluding hydrogens is 176 g/mol. The minimum atomic E-state index is -0.894. The van der Waals surface area contributed by atoms with Gasteiger partial charge in [0.2, 0.25) is 0 Å². The smallest absolute Gasteiger partial charge is 0.303 e. The van der Waals surface area contributed by atoms with E-state index >= 15 is 0 Å². The minimum absolute atomic E-state index is 0.00591. The molecule has 1 aromatic heterocycles. The second-order valence-electron chi connectivity index (χ2n) is 2.33.